The summed E-state index contributed by atoms with van der Waals surface area (Å²) >= 11 is 5.42. The van der Waals surface area contributed by atoms with Gasteiger partial charge in [0, 0.05) is 19.1 Å². The third kappa shape index (κ3) is 2.92. The van der Waals surface area contributed by atoms with E-state index >= 15 is 0 Å². The van der Waals surface area contributed by atoms with Gasteiger partial charge in [-0.2, -0.15) is 5.10 Å². The van der Waals surface area contributed by atoms with Gasteiger partial charge in [-0.1, -0.05) is 20.8 Å². The van der Waals surface area contributed by atoms with Crippen LogP contribution < -0.4 is 0 Å². The maximum absolute atomic E-state index is 6.05. The van der Waals surface area contributed by atoms with Crippen LogP contribution >= 0.6 is 12.2 Å². The van der Waals surface area contributed by atoms with Crippen molar-refractivity contribution in [1.82, 2.24) is 14.8 Å². The maximum Gasteiger partial charge on any atom is 0.195 e. The average molecular weight is 283 g/mol. The van der Waals surface area contributed by atoms with E-state index in [-0.39, 0.29) is 5.60 Å². The second-order valence-electron chi connectivity index (χ2n) is 5.45. The smallest absolute Gasteiger partial charge is 0.195 e. The van der Waals surface area contributed by atoms with Gasteiger partial charge >= 0.3 is 0 Å². The standard InChI is InChI=1S/C14H25N3OS/c1-4-7-12-15-16-13(19)17(12)11-8-9-18-14(5-2,6-3)10-11/h11H,4-10H2,1-3H3,(H,16,19). The summed E-state index contributed by atoms with van der Waals surface area (Å²) in [5, 5.41) is 7.34. The van der Waals surface area contributed by atoms with Crippen molar-refractivity contribution in [2.45, 2.75) is 70.9 Å². The molecule has 1 aliphatic rings. The van der Waals surface area contributed by atoms with Gasteiger partial charge < -0.3 is 9.30 Å². The first kappa shape index (κ1) is 14.7. The molecule has 1 aromatic heterocycles. The Labute approximate surface area is 120 Å². The summed E-state index contributed by atoms with van der Waals surface area (Å²) in [6.45, 7) is 7.43. The molecule has 1 N–H and O–H groups in total. The lowest BCUT2D eigenvalue weighted by atomic mass is 9.85. The lowest BCUT2D eigenvalue weighted by molar-refractivity contribution is -0.0991. The molecule has 0 saturated carbocycles. The minimum atomic E-state index is 0.0262. The van der Waals surface area contributed by atoms with E-state index in [0.717, 1.165) is 55.7 Å². The van der Waals surface area contributed by atoms with Crippen molar-refractivity contribution < 1.29 is 4.74 Å². The van der Waals surface area contributed by atoms with Crippen LogP contribution in [0.1, 0.15) is 64.7 Å². The van der Waals surface area contributed by atoms with Gasteiger partial charge in [0.1, 0.15) is 5.82 Å². The predicted molar refractivity (Wildman–Crippen MR) is 78.9 cm³/mol. The van der Waals surface area contributed by atoms with Gasteiger partial charge in [0.05, 0.1) is 5.60 Å². The van der Waals surface area contributed by atoms with Crippen LogP contribution in [0, 0.1) is 4.77 Å². The summed E-state index contributed by atoms with van der Waals surface area (Å²) in [5.74, 6) is 1.10. The molecule has 1 atom stereocenters. The minimum absolute atomic E-state index is 0.0262. The molecule has 4 nitrogen and oxygen atoms in total. The SMILES string of the molecule is CCCc1n[nH]c(=S)n1C1CCOC(CC)(CC)C1. The van der Waals surface area contributed by atoms with E-state index in [1.54, 1.807) is 0 Å². The molecule has 0 bridgehead atoms. The molecule has 1 saturated heterocycles. The molecule has 0 amide bonds. The van der Waals surface area contributed by atoms with Gasteiger partial charge in [-0.05, 0) is 44.3 Å². The Kier molecular flexibility index (Phi) is 4.79. The van der Waals surface area contributed by atoms with Crippen molar-refractivity contribution in [3.05, 3.63) is 10.6 Å². The summed E-state index contributed by atoms with van der Waals surface area (Å²) in [5.41, 5.74) is 0.0262. The van der Waals surface area contributed by atoms with Gasteiger partial charge in [0.15, 0.2) is 4.77 Å². The molecule has 1 unspecified atom stereocenters. The molecule has 0 radical (unpaired) electrons. The van der Waals surface area contributed by atoms with E-state index in [4.69, 9.17) is 17.0 Å². The fourth-order valence-corrected chi connectivity index (χ4v) is 3.38. The van der Waals surface area contributed by atoms with Crippen molar-refractivity contribution in [3.8, 4) is 0 Å². The van der Waals surface area contributed by atoms with E-state index in [9.17, 15) is 0 Å². The van der Waals surface area contributed by atoms with Crippen LogP contribution in [0.4, 0.5) is 0 Å². The maximum atomic E-state index is 6.05. The molecule has 1 aliphatic heterocycles. The van der Waals surface area contributed by atoms with Crippen LogP contribution in [0.15, 0.2) is 0 Å². The molecule has 1 aromatic rings. The monoisotopic (exact) mass is 283 g/mol. The Morgan fingerprint density at radius 3 is 2.79 bits per heavy atom. The lowest BCUT2D eigenvalue weighted by Crippen LogP contribution is -2.39. The second-order valence-corrected chi connectivity index (χ2v) is 5.84. The van der Waals surface area contributed by atoms with Crippen molar-refractivity contribution >= 4 is 12.2 Å². The van der Waals surface area contributed by atoms with Gasteiger partial charge in [0.25, 0.3) is 0 Å². The highest BCUT2D eigenvalue weighted by Gasteiger charge is 2.36. The summed E-state index contributed by atoms with van der Waals surface area (Å²) in [6.07, 6.45) is 6.28. The molecule has 0 spiro atoms. The summed E-state index contributed by atoms with van der Waals surface area (Å²) in [6, 6.07) is 0.432. The van der Waals surface area contributed by atoms with Crippen LogP contribution in [-0.4, -0.2) is 27.0 Å². The molecular formula is C14H25N3OS. The fraction of sp³-hybridized carbons (Fsp3) is 0.857. The number of nitrogens with one attached hydrogen (secondary N) is 1. The summed E-state index contributed by atoms with van der Waals surface area (Å²) in [4.78, 5) is 0. The van der Waals surface area contributed by atoms with Crippen molar-refractivity contribution in [2.24, 2.45) is 0 Å². The second kappa shape index (κ2) is 6.18. The van der Waals surface area contributed by atoms with Crippen LogP contribution in [-0.2, 0) is 11.2 Å². The summed E-state index contributed by atoms with van der Waals surface area (Å²) in [7, 11) is 0. The lowest BCUT2D eigenvalue weighted by Gasteiger charge is -2.40. The van der Waals surface area contributed by atoms with E-state index in [2.05, 4.69) is 35.5 Å². The first-order valence-corrected chi connectivity index (χ1v) is 7.86. The van der Waals surface area contributed by atoms with Gasteiger partial charge in [-0.3, -0.25) is 5.10 Å². The molecule has 0 aromatic carbocycles. The molecule has 2 heterocycles. The number of nitrogens with zero attached hydrogens (tertiary/aromatic N) is 2. The van der Waals surface area contributed by atoms with E-state index < -0.39 is 0 Å². The van der Waals surface area contributed by atoms with E-state index in [1.807, 2.05) is 0 Å². The minimum Gasteiger partial charge on any atom is -0.375 e. The third-order valence-corrected chi connectivity index (χ3v) is 4.66. The predicted octanol–water partition coefficient (Wildman–Crippen LogP) is 3.80. The van der Waals surface area contributed by atoms with E-state index in [1.165, 1.54) is 0 Å². The number of rotatable bonds is 5. The number of hydrogen-bond donors (Lipinski definition) is 1. The van der Waals surface area contributed by atoms with Crippen LogP contribution in [0.25, 0.3) is 0 Å². The van der Waals surface area contributed by atoms with Gasteiger partial charge in [-0.25, -0.2) is 0 Å². The number of aromatic nitrogens is 3. The highest BCUT2D eigenvalue weighted by atomic mass is 32.1. The Morgan fingerprint density at radius 2 is 2.16 bits per heavy atom. The normalized spacial score (nSPS) is 22.6. The van der Waals surface area contributed by atoms with E-state index in [0.29, 0.717) is 6.04 Å². The summed E-state index contributed by atoms with van der Waals surface area (Å²) < 4.78 is 9.05. The third-order valence-electron chi connectivity index (χ3n) is 4.37. The highest BCUT2D eigenvalue weighted by molar-refractivity contribution is 7.71. The van der Waals surface area contributed by atoms with Crippen LogP contribution in [0.2, 0.25) is 0 Å². The molecule has 0 aliphatic carbocycles. The van der Waals surface area contributed by atoms with Crippen LogP contribution in [0.3, 0.4) is 0 Å². The van der Waals surface area contributed by atoms with Crippen molar-refractivity contribution in [1.29, 1.82) is 0 Å². The van der Waals surface area contributed by atoms with Crippen molar-refractivity contribution in [3.63, 3.8) is 0 Å². The zero-order chi connectivity index (χ0) is 13.9. The molecule has 108 valence electrons. The average Bonchev–Trinajstić information content (AvgIpc) is 2.80. The largest absolute Gasteiger partial charge is 0.375 e. The number of aromatic amines is 1. The van der Waals surface area contributed by atoms with Crippen molar-refractivity contribution in [2.75, 3.05) is 6.61 Å². The number of ether oxygens (including phenoxy) is 1. The molecular weight excluding hydrogens is 258 g/mol. The van der Waals surface area contributed by atoms with Crippen LogP contribution in [0.5, 0.6) is 0 Å². The fourth-order valence-electron chi connectivity index (χ4n) is 3.08. The first-order chi connectivity index (χ1) is 9.15. The molecule has 1 fully saturated rings. The zero-order valence-corrected chi connectivity index (χ0v) is 13.1. The molecule has 19 heavy (non-hydrogen) atoms. The molecule has 2 rings (SSSR count). The topological polar surface area (TPSA) is 42.8 Å². The quantitative estimate of drug-likeness (QED) is 0.836. The highest BCUT2D eigenvalue weighted by Crippen LogP contribution is 2.37. The number of aryl methyl sites for hydroxylation is 1. The first-order valence-electron chi connectivity index (χ1n) is 7.45. The Morgan fingerprint density at radius 1 is 1.42 bits per heavy atom. The van der Waals surface area contributed by atoms with Gasteiger partial charge in [-0.15, -0.1) is 0 Å². The zero-order valence-electron chi connectivity index (χ0n) is 12.2. The number of hydrogen-bond acceptors (Lipinski definition) is 3. The Hall–Kier alpha value is -0.680. The van der Waals surface area contributed by atoms with Gasteiger partial charge in [0.2, 0.25) is 0 Å². The number of H-pyrrole nitrogens is 1. The Balaban J connectivity index is 2.26. The Bertz CT molecular complexity index is 462. The molecule has 5 heteroatoms.